The van der Waals surface area contributed by atoms with Crippen molar-refractivity contribution in [3.8, 4) is 0 Å². The fourth-order valence-electron chi connectivity index (χ4n) is 2.07. The van der Waals surface area contributed by atoms with Crippen LogP contribution < -0.4 is 0 Å². The third-order valence-corrected chi connectivity index (χ3v) is 4.44. The van der Waals surface area contributed by atoms with E-state index in [0.29, 0.717) is 5.92 Å². The van der Waals surface area contributed by atoms with E-state index in [0.717, 1.165) is 17.7 Å². The highest BCUT2D eigenvalue weighted by molar-refractivity contribution is 7.99. The molecule has 1 nitrogen and oxygen atoms in total. The number of aliphatic hydroxyl groups excluding tert-OH is 1. The zero-order chi connectivity index (χ0) is 13.5. The Hall–Kier alpha value is -0.730. The summed E-state index contributed by atoms with van der Waals surface area (Å²) in [5.74, 6) is 1.98. The lowest BCUT2D eigenvalue weighted by atomic mass is 9.91. The van der Waals surface area contributed by atoms with Gasteiger partial charge < -0.3 is 5.11 Å². The topological polar surface area (TPSA) is 20.2 Å². The third kappa shape index (κ3) is 5.28. The third-order valence-electron chi connectivity index (χ3n) is 3.10. The number of rotatable bonds is 7. The van der Waals surface area contributed by atoms with E-state index in [1.54, 1.807) is 0 Å². The van der Waals surface area contributed by atoms with E-state index in [2.05, 4.69) is 44.7 Å². The van der Waals surface area contributed by atoms with Crippen LogP contribution >= 0.6 is 11.8 Å². The van der Waals surface area contributed by atoms with Crippen molar-refractivity contribution in [3.05, 3.63) is 42.5 Å². The van der Waals surface area contributed by atoms with E-state index in [4.69, 9.17) is 0 Å². The Bertz CT molecular complexity index is 361. The molecule has 0 amide bonds. The lowest BCUT2D eigenvalue weighted by molar-refractivity contribution is 0.138. The summed E-state index contributed by atoms with van der Waals surface area (Å²) >= 11 is 1.89. The zero-order valence-corrected chi connectivity index (χ0v) is 12.4. The predicted molar refractivity (Wildman–Crippen MR) is 80.9 cm³/mol. The van der Waals surface area contributed by atoms with Gasteiger partial charge in [-0.15, -0.1) is 11.8 Å². The molecule has 0 saturated heterocycles. The normalized spacial score (nSPS) is 16.0. The van der Waals surface area contributed by atoms with Gasteiger partial charge in [0.1, 0.15) is 0 Å². The summed E-state index contributed by atoms with van der Waals surface area (Å²) < 4.78 is 0. The van der Waals surface area contributed by atoms with Gasteiger partial charge in [-0.1, -0.05) is 44.2 Å². The number of thioether (sulfide) groups is 1. The van der Waals surface area contributed by atoms with Crippen molar-refractivity contribution in [2.24, 2.45) is 11.8 Å². The molecule has 0 aliphatic carbocycles. The minimum atomic E-state index is -0.367. The van der Waals surface area contributed by atoms with Crippen molar-refractivity contribution in [1.29, 1.82) is 0 Å². The average molecular weight is 264 g/mol. The standard InChI is InChI=1S/C16H24OS/c1-12(2)16(17)14(4)10-13(3)11-18-15-8-6-5-7-9-15/h5-9,13-14,16-17H,1,10-11H2,2-4H3/t13-,14+,16-/m1/s1. The lowest BCUT2D eigenvalue weighted by Gasteiger charge is -2.22. The first-order valence-electron chi connectivity index (χ1n) is 6.52. The van der Waals surface area contributed by atoms with Gasteiger partial charge in [0.15, 0.2) is 0 Å². The SMILES string of the molecule is C=C(C)[C@@H](O)[C@@H](C)C[C@@H](C)CSc1ccccc1. The maximum Gasteiger partial charge on any atom is 0.0770 e. The van der Waals surface area contributed by atoms with Gasteiger partial charge in [0.25, 0.3) is 0 Å². The number of hydrogen-bond acceptors (Lipinski definition) is 2. The summed E-state index contributed by atoms with van der Waals surface area (Å²) in [5, 5.41) is 9.92. The van der Waals surface area contributed by atoms with Crippen LogP contribution in [-0.2, 0) is 0 Å². The van der Waals surface area contributed by atoms with Gasteiger partial charge in [-0.3, -0.25) is 0 Å². The molecule has 0 unspecified atom stereocenters. The van der Waals surface area contributed by atoms with Crippen molar-refractivity contribution in [2.75, 3.05) is 5.75 Å². The van der Waals surface area contributed by atoms with E-state index in [-0.39, 0.29) is 12.0 Å². The minimum absolute atomic E-state index is 0.286. The molecule has 1 rings (SSSR count). The molecule has 0 aliphatic heterocycles. The summed E-state index contributed by atoms with van der Waals surface area (Å²) in [4.78, 5) is 1.32. The second-order valence-corrected chi connectivity index (χ2v) is 6.33. The zero-order valence-electron chi connectivity index (χ0n) is 11.6. The predicted octanol–water partition coefficient (Wildman–Crippen LogP) is 4.38. The van der Waals surface area contributed by atoms with Crippen LogP contribution in [0.5, 0.6) is 0 Å². The van der Waals surface area contributed by atoms with Gasteiger partial charge in [-0.05, 0) is 37.3 Å². The number of aliphatic hydroxyl groups is 1. The van der Waals surface area contributed by atoms with Gasteiger partial charge >= 0.3 is 0 Å². The summed E-state index contributed by atoms with van der Waals surface area (Å²) in [5.41, 5.74) is 0.866. The molecular formula is C16H24OS. The quantitative estimate of drug-likeness (QED) is 0.582. The summed E-state index contributed by atoms with van der Waals surface area (Å²) in [6, 6.07) is 10.5. The van der Waals surface area contributed by atoms with Crippen LogP contribution in [0.15, 0.2) is 47.4 Å². The van der Waals surface area contributed by atoms with Crippen LogP contribution in [-0.4, -0.2) is 17.0 Å². The van der Waals surface area contributed by atoms with Crippen LogP contribution in [0.25, 0.3) is 0 Å². The Morgan fingerprint density at radius 1 is 1.28 bits per heavy atom. The molecule has 0 heterocycles. The fraction of sp³-hybridized carbons (Fsp3) is 0.500. The average Bonchev–Trinajstić information content (AvgIpc) is 2.36. The molecule has 18 heavy (non-hydrogen) atoms. The van der Waals surface area contributed by atoms with Crippen molar-refractivity contribution in [1.82, 2.24) is 0 Å². The van der Waals surface area contributed by atoms with Crippen molar-refractivity contribution in [3.63, 3.8) is 0 Å². The maximum absolute atomic E-state index is 9.92. The Balaban J connectivity index is 2.33. The van der Waals surface area contributed by atoms with Gasteiger partial charge in [0.05, 0.1) is 6.10 Å². The van der Waals surface area contributed by atoms with Crippen LogP contribution in [0.2, 0.25) is 0 Å². The van der Waals surface area contributed by atoms with Gasteiger partial charge in [-0.25, -0.2) is 0 Å². The van der Waals surface area contributed by atoms with Gasteiger partial charge in [0, 0.05) is 10.6 Å². The fourth-order valence-corrected chi connectivity index (χ4v) is 3.04. The molecule has 0 spiro atoms. The molecule has 1 aromatic carbocycles. The van der Waals surface area contributed by atoms with Crippen LogP contribution in [0.3, 0.4) is 0 Å². The molecule has 1 aromatic rings. The molecule has 0 fully saturated rings. The smallest absolute Gasteiger partial charge is 0.0770 e. The maximum atomic E-state index is 9.92. The molecule has 1 N–H and O–H groups in total. The highest BCUT2D eigenvalue weighted by Gasteiger charge is 2.17. The van der Waals surface area contributed by atoms with Crippen molar-refractivity contribution >= 4 is 11.8 Å². The molecule has 100 valence electrons. The van der Waals surface area contributed by atoms with E-state index in [1.165, 1.54) is 4.90 Å². The molecule has 0 radical (unpaired) electrons. The first-order valence-corrected chi connectivity index (χ1v) is 7.50. The monoisotopic (exact) mass is 264 g/mol. The van der Waals surface area contributed by atoms with E-state index >= 15 is 0 Å². The molecule has 3 atom stereocenters. The van der Waals surface area contributed by atoms with Crippen LogP contribution in [0.4, 0.5) is 0 Å². The molecule has 0 aromatic heterocycles. The van der Waals surface area contributed by atoms with Gasteiger partial charge in [0.2, 0.25) is 0 Å². The van der Waals surface area contributed by atoms with E-state index in [1.807, 2.05) is 24.8 Å². The summed E-state index contributed by atoms with van der Waals surface area (Å²) in [7, 11) is 0. The Kier molecular flexibility index (Phi) is 6.51. The Labute approximate surface area is 115 Å². The minimum Gasteiger partial charge on any atom is -0.389 e. The van der Waals surface area contributed by atoms with E-state index in [9.17, 15) is 5.11 Å². The molecule has 0 saturated carbocycles. The van der Waals surface area contributed by atoms with Crippen molar-refractivity contribution < 1.29 is 5.11 Å². The summed E-state index contributed by atoms with van der Waals surface area (Å²) in [6.45, 7) is 10.1. The molecule has 2 heteroatoms. The number of benzene rings is 1. The van der Waals surface area contributed by atoms with Crippen LogP contribution in [0.1, 0.15) is 27.2 Å². The van der Waals surface area contributed by atoms with E-state index < -0.39 is 0 Å². The summed E-state index contributed by atoms with van der Waals surface area (Å²) in [6.07, 6.45) is 0.669. The highest BCUT2D eigenvalue weighted by Crippen LogP contribution is 2.25. The first-order chi connectivity index (χ1) is 8.50. The van der Waals surface area contributed by atoms with Crippen molar-refractivity contribution in [2.45, 2.75) is 38.2 Å². The number of hydrogen-bond donors (Lipinski definition) is 1. The lowest BCUT2D eigenvalue weighted by Crippen LogP contribution is -2.21. The molecular weight excluding hydrogens is 240 g/mol. The Morgan fingerprint density at radius 2 is 1.89 bits per heavy atom. The molecule has 0 bridgehead atoms. The molecule has 0 aliphatic rings. The second kappa shape index (κ2) is 7.65. The first kappa shape index (κ1) is 15.3. The highest BCUT2D eigenvalue weighted by atomic mass is 32.2. The van der Waals surface area contributed by atoms with Crippen LogP contribution in [0, 0.1) is 11.8 Å². The van der Waals surface area contributed by atoms with Gasteiger partial charge in [-0.2, -0.15) is 0 Å². The largest absolute Gasteiger partial charge is 0.389 e. The second-order valence-electron chi connectivity index (χ2n) is 5.23. The Morgan fingerprint density at radius 3 is 2.44 bits per heavy atom.